The predicted molar refractivity (Wildman–Crippen MR) is 72.8 cm³/mol. The van der Waals surface area contributed by atoms with Gasteiger partial charge in [0, 0.05) is 12.6 Å². The Morgan fingerprint density at radius 1 is 1.35 bits per heavy atom. The number of hydrogen-bond donors (Lipinski definition) is 1. The lowest BCUT2D eigenvalue weighted by Crippen LogP contribution is -2.28. The predicted octanol–water partition coefficient (Wildman–Crippen LogP) is 2.81. The van der Waals surface area contributed by atoms with Crippen molar-refractivity contribution in [2.24, 2.45) is 11.7 Å². The summed E-state index contributed by atoms with van der Waals surface area (Å²) in [5.74, 6) is 0.888. The van der Waals surface area contributed by atoms with Crippen molar-refractivity contribution >= 4 is 0 Å². The summed E-state index contributed by atoms with van der Waals surface area (Å²) < 4.78 is 0. The Bertz CT molecular complexity index is 323. The zero-order valence-electron chi connectivity index (χ0n) is 10.8. The molecule has 1 aliphatic rings. The molecule has 1 aromatic carbocycles. The van der Waals surface area contributed by atoms with Crippen molar-refractivity contribution in [1.82, 2.24) is 4.90 Å². The molecule has 0 amide bonds. The van der Waals surface area contributed by atoms with Gasteiger partial charge in [-0.3, -0.25) is 4.90 Å². The van der Waals surface area contributed by atoms with Crippen LogP contribution in [-0.2, 0) is 0 Å². The quantitative estimate of drug-likeness (QED) is 0.846. The van der Waals surface area contributed by atoms with E-state index in [0.29, 0.717) is 6.04 Å². The molecule has 1 aliphatic heterocycles. The van der Waals surface area contributed by atoms with Crippen LogP contribution in [0, 0.1) is 5.92 Å². The lowest BCUT2D eigenvalue weighted by Gasteiger charge is -2.28. The summed E-state index contributed by atoms with van der Waals surface area (Å²) in [4.78, 5) is 2.62. The van der Waals surface area contributed by atoms with E-state index >= 15 is 0 Å². The first kappa shape index (κ1) is 12.6. The summed E-state index contributed by atoms with van der Waals surface area (Å²) in [5.41, 5.74) is 7.20. The summed E-state index contributed by atoms with van der Waals surface area (Å²) in [6, 6.07) is 11.3. The van der Waals surface area contributed by atoms with E-state index in [1.165, 1.54) is 31.5 Å². The van der Waals surface area contributed by atoms with Crippen molar-refractivity contribution < 1.29 is 0 Å². The van der Waals surface area contributed by atoms with Crippen LogP contribution in [0.15, 0.2) is 30.3 Å². The van der Waals surface area contributed by atoms with Crippen LogP contribution in [0.3, 0.4) is 0 Å². The standard InChI is InChI=1S/C15H24N2/c1-2-13-9-11-17(12-13)15(8-10-16)14-6-4-3-5-7-14/h3-7,13,15H,2,8-12,16H2,1H3. The molecule has 2 unspecified atom stereocenters. The van der Waals surface area contributed by atoms with Gasteiger partial charge in [0.1, 0.15) is 0 Å². The zero-order chi connectivity index (χ0) is 12.1. The van der Waals surface area contributed by atoms with Crippen molar-refractivity contribution in [2.75, 3.05) is 19.6 Å². The number of likely N-dealkylation sites (tertiary alicyclic amines) is 1. The third-order valence-electron chi connectivity index (χ3n) is 3.96. The van der Waals surface area contributed by atoms with Gasteiger partial charge in [0.2, 0.25) is 0 Å². The molecule has 94 valence electrons. The molecule has 1 heterocycles. The second kappa shape index (κ2) is 6.18. The summed E-state index contributed by atoms with van der Waals surface area (Å²) >= 11 is 0. The maximum absolute atomic E-state index is 5.77. The lowest BCUT2D eigenvalue weighted by molar-refractivity contribution is 0.226. The van der Waals surface area contributed by atoms with Crippen LogP contribution in [0.5, 0.6) is 0 Å². The van der Waals surface area contributed by atoms with Crippen LogP contribution in [0.1, 0.15) is 37.8 Å². The van der Waals surface area contributed by atoms with Crippen molar-refractivity contribution in [3.8, 4) is 0 Å². The van der Waals surface area contributed by atoms with Crippen molar-refractivity contribution in [1.29, 1.82) is 0 Å². The third kappa shape index (κ3) is 3.08. The summed E-state index contributed by atoms with van der Waals surface area (Å²) in [6.07, 6.45) is 3.73. The first-order valence-electron chi connectivity index (χ1n) is 6.84. The van der Waals surface area contributed by atoms with Gasteiger partial charge in [0.15, 0.2) is 0 Å². The fourth-order valence-corrected chi connectivity index (χ4v) is 2.87. The molecule has 2 atom stereocenters. The van der Waals surface area contributed by atoms with E-state index in [-0.39, 0.29) is 0 Å². The summed E-state index contributed by atoms with van der Waals surface area (Å²) in [7, 11) is 0. The lowest BCUT2D eigenvalue weighted by atomic mass is 10.0. The van der Waals surface area contributed by atoms with E-state index in [2.05, 4.69) is 42.2 Å². The monoisotopic (exact) mass is 232 g/mol. The van der Waals surface area contributed by atoms with Crippen LogP contribution in [-0.4, -0.2) is 24.5 Å². The SMILES string of the molecule is CCC1CCN(C(CCN)c2ccccc2)C1. The van der Waals surface area contributed by atoms with Crippen LogP contribution in [0.2, 0.25) is 0 Å². The highest BCUT2D eigenvalue weighted by molar-refractivity contribution is 5.19. The average molecular weight is 232 g/mol. The molecule has 0 spiro atoms. The van der Waals surface area contributed by atoms with Crippen LogP contribution >= 0.6 is 0 Å². The van der Waals surface area contributed by atoms with E-state index in [1.54, 1.807) is 0 Å². The molecule has 0 aromatic heterocycles. The average Bonchev–Trinajstić information content (AvgIpc) is 2.85. The van der Waals surface area contributed by atoms with Crippen LogP contribution in [0.4, 0.5) is 0 Å². The Labute approximate surface area is 105 Å². The van der Waals surface area contributed by atoms with Crippen LogP contribution in [0.25, 0.3) is 0 Å². The molecule has 0 radical (unpaired) electrons. The summed E-state index contributed by atoms with van der Waals surface area (Å²) in [5, 5.41) is 0. The van der Waals surface area contributed by atoms with Gasteiger partial charge >= 0.3 is 0 Å². The number of nitrogens with zero attached hydrogens (tertiary/aromatic N) is 1. The van der Waals surface area contributed by atoms with Gasteiger partial charge in [-0.2, -0.15) is 0 Å². The molecule has 2 heteroatoms. The van der Waals surface area contributed by atoms with E-state index in [9.17, 15) is 0 Å². The molecular weight excluding hydrogens is 208 g/mol. The molecule has 2 N–H and O–H groups in total. The Balaban J connectivity index is 2.08. The topological polar surface area (TPSA) is 29.3 Å². The van der Waals surface area contributed by atoms with Gasteiger partial charge in [-0.1, -0.05) is 43.7 Å². The first-order chi connectivity index (χ1) is 8.35. The molecule has 1 fully saturated rings. The van der Waals surface area contributed by atoms with Gasteiger partial charge in [0.05, 0.1) is 0 Å². The molecular formula is C15H24N2. The Morgan fingerprint density at radius 3 is 2.71 bits per heavy atom. The van der Waals surface area contributed by atoms with Gasteiger partial charge in [-0.05, 0) is 37.4 Å². The minimum Gasteiger partial charge on any atom is -0.330 e. The Kier molecular flexibility index (Phi) is 4.57. The van der Waals surface area contributed by atoms with Crippen molar-refractivity contribution in [3.05, 3.63) is 35.9 Å². The highest BCUT2D eigenvalue weighted by atomic mass is 15.2. The maximum atomic E-state index is 5.77. The molecule has 2 rings (SSSR count). The molecule has 1 saturated heterocycles. The van der Waals surface area contributed by atoms with E-state index < -0.39 is 0 Å². The van der Waals surface area contributed by atoms with Gasteiger partial charge in [-0.25, -0.2) is 0 Å². The largest absolute Gasteiger partial charge is 0.330 e. The second-order valence-electron chi connectivity index (χ2n) is 5.06. The molecule has 1 aromatic rings. The summed E-state index contributed by atoms with van der Waals surface area (Å²) in [6.45, 7) is 5.55. The number of benzene rings is 1. The fourth-order valence-electron chi connectivity index (χ4n) is 2.87. The highest BCUT2D eigenvalue weighted by Gasteiger charge is 2.27. The third-order valence-corrected chi connectivity index (χ3v) is 3.96. The number of hydrogen-bond acceptors (Lipinski definition) is 2. The van der Waals surface area contributed by atoms with Crippen molar-refractivity contribution in [3.63, 3.8) is 0 Å². The fraction of sp³-hybridized carbons (Fsp3) is 0.600. The molecule has 0 saturated carbocycles. The van der Waals surface area contributed by atoms with Crippen molar-refractivity contribution in [2.45, 2.75) is 32.2 Å². The van der Waals surface area contributed by atoms with Crippen LogP contribution < -0.4 is 5.73 Å². The molecule has 17 heavy (non-hydrogen) atoms. The number of rotatable bonds is 5. The van der Waals surface area contributed by atoms with E-state index in [0.717, 1.165) is 18.9 Å². The smallest absolute Gasteiger partial charge is 0.0360 e. The first-order valence-corrected chi connectivity index (χ1v) is 6.84. The zero-order valence-corrected chi connectivity index (χ0v) is 10.8. The van der Waals surface area contributed by atoms with Gasteiger partial charge in [-0.15, -0.1) is 0 Å². The van der Waals surface area contributed by atoms with E-state index in [4.69, 9.17) is 5.73 Å². The van der Waals surface area contributed by atoms with Gasteiger partial charge in [0.25, 0.3) is 0 Å². The molecule has 2 nitrogen and oxygen atoms in total. The van der Waals surface area contributed by atoms with Gasteiger partial charge < -0.3 is 5.73 Å². The maximum Gasteiger partial charge on any atom is 0.0360 e. The minimum absolute atomic E-state index is 0.526. The minimum atomic E-state index is 0.526. The second-order valence-corrected chi connectivity index (χ2v) is 5.06. The Morgan fingerprint density at radius 2 is 2.12 bits per heavy atom. The molecule has 0 bridgehead atoms. The number of nitrogens with two attached hydrogens (primary N) is 1. The highest BCUT2D eigenvalue weighted by Crippen LogP contribution is 2.30. The van der Waals surface area contributed by atoms with E-state index in [1.807, 2.05) is 0 Å². The Hall–Kier alpha value is -0.860. The molecule has 0 aliphatic carbocycles. The normalized spacial score (nSPS) is 22.8.